The Labute approximate surface area is 137 Å². The van der Waals surface area contributed by atoms with Crippen molar-refractivity contribution in [2.24, 2.45) is 0 Å². The van der Waals surface area contributed by atoms with E-state index >= 15 is 0 Å². The molecule has 0 aliphatic carbocycles. The third kappa shape index (κ3) is 5.55. The van der Waals surface area contributed by atoms with Crippen molar-refractivity contribution in [2.45, 2.75) is 38.9 Å². The normalized spacial score (nSPS) is 22.5. The van der Waals surface area contributed by atoms with E-state index in [1.54, 1.807) is 12.1 Å². The smallest absolute Gasteiger partial charge is 0.269 e. The van der Waals surface area contributed by atoms with Gasteiger partial charge in [-0.1, -0.05) is 11.6 Å². The molecule has 1 aromatic heterocycles. The topological polar surface area (TPSA) is 54.5 Å². The average molecular weight is 326 g/mol. The summed E-state index contributed by atoms with van der Waals surface area (Å²) in [6.07, 6.45) is 4.11. The second-order valence-corrected chi connectivity index (χ2v) is 6.28. The van der Waals surface area contributed by atoms with Gasteiger partial charge in [0, 0.05) is 25.8 Å². The zero-order valence-corrected chi connectivity index (χ0v) is 14.0. The largest absolute Gasteiger partial charge is 0.373 e. The van der Waals surface area contributed by atoms with Gasteiger partial charge in [0.1, 0.15) is 5.69 Å². The molecule has 22 heavy (non-hydrogen) atoms. The number of pyridine rings is 1. The molecule has 2 rings (SSSR count). The van der Waals surface area contributed by atoms with Crippen LogP contribution in [0.5, 0.6) is 0 Å². The van der Waals surface area contributed by atoms with Gasteiger partial charge in [-0.15, -0.1) is 0 Å². The Bertz CT molecular complexity index is 471. The quantitative estimate of drug-likeness (QED) is 0.816. The van der Waals surface area contributed by atoms with Gasteiger partial charge in [-0.3, -0.25) is 9.69 Å². The zero-order chi connectivity index (χ0) is 15.9. The first-order valence-electron chi connectivity index (χ1n) is 7.82. The number of nitrogens with zero attached hydrogens (tertiary/aromatic N) is 2. The summed E-state index contributed by atoms with van der Waals surface area (Å²) in [4.78, 5) is 18.3. The highest BCUT2D eigenvalue weighted by Gasteiger charge is 2.21. The molecule has 0 spiro atoms. The zero-order valence-electron chi connectivity index (χ0n) is 13.2. The number of morpholine rings is 1. The van der Waals surface area contributed by atoms with E-state index in [1.165, 1.54) is 6.20 Å². The van der Waals surface area contributed by atoms with Crippen molar-refractivity contribution in [3.63, 3.8) is 0 Å². The molecule has 6 heteroatoms. The number of carbonyl (C=O) groups is 1. The molecule has 1 fully saturated rings. The van der Waals surface area contributed by atoms with Crippen molar-refractivity contribution >= 4 is 17.5 Å². The van der Waals surface area contributed by atoms with Crippen LogP contribution in [0.15, 0.2) is 18.3 Å². The van der Waals surface area contributed by atoms with Crippen LogP contribution >= 0.6 is 11.6 Å². The Kier molecular flexibility index (Phi) is 6.61. The molecule has 5 nitrogen and oxygen atoms in total. The molecule has 2 atom stereocenters. The lowest BCUT2D eigenvalue weighted by molar-refractivity contribution is -0.0681. The number of hydrogen-bond acceptors (Lipinski definition) is 4. The SMILES string of the molecule is C[C@@H]1CN(CCCCNC(=O)c2ccc(Cl)cn2)C[C@@H](C)O1. The number of hydrogen-bond donors (Lipinski definition) is 1. The lowest BCUT2D eigenvalue weighted by Crippen LogP contribution is -2.45. The van der Waals surface area contributed by atoms with Gasteiger partial charge in [0.15, 0.2) is 0 Å². The molecule has 1 aromatic rings. The summed E-state index contributed by atoms with van der Waals surface area (Å²) in [5.41, 5.74) is 0.403. The van der Waals surface area contributed by atoms with Crippen LogP contribution in [0.3, 0.4) is 0 Å². The number of nitrogens with one attached hydrogen (secondary N) is 1. The third-order valence-electron chi connectivity index (χ3n) is 3.64. The van der Waals surface area contributed by atoms with Crippen LogP contribution in [0.1, 0.15) is 37.2 Å². The first-order chi connectivity index (χ1) is 10.5. The summed E-state index contributed by atoms with van der Waals surface area (Å²) in [6.45, 7) is 7.92. The molecule has 1 aliphatic rings. The summed E-state index contributed by atoms with van der Waals surface area (Å²) in [5.74, 6) is -0.148. The molecule has 0 saturated carbocycles. The predicted molar refractivity (Wildman–Crippen MR) is 87.3 cm³/mol. The van der Waals surface area contributed by atoms with Gasteiger partial charge in [-0.05, 0) is 45.4 Å². The molecule has 0 unspecified atom stereocenters. The van der Waals surface area contributed by atoms with Gasteiger partial charge in [0.05, 0.1) is 17.2 Å². The number of ether oxygens (including phenoxy) is 1. The van der Waals surface area contributed by atoms with Crippen LogP contribution in [-0.2, 0) is 4.74 Å². The Morgan fingerprint density at radius 1 is 1.36 bits per heavy atom. The number of unbranched alkanes of at least 4 members (excludes halogenated alkanes) is 1. The Morgan fingerprint density at radius 3 is 2.73 bits per heavy atom. The first-order valence-corrected chi connectivity index (χ1v) is 8.20. The van der Waals surface area contributed by atoms with E-state index in [4.69, 9.17) is 16.3 Å². The highest BCUT2D eigenvalue weighted by molar-refractivity contribution is 6.30. The molecule has 122 valence electrons. The first kappa shape index (κ1) is 17.2. The van der Waals surface area contributed by atoms with Gasteiger partial charge in [0.2, 0.25) is 0 Å². The van der Waals surface area contributed by atoms with E-state index in [9.17, 15) is 4.79 Å². The Morgan fingerprint density at radius 2 is 2.09 bits per heavy atom. The lowest BCUT2D eigenvalue weighted by atomic mass is 10.2. The Hall–Kier alpha value is -1.17. The van der Waals surface area contributed by atoms with Crippen LogP contribution in [0, 0.1) is 0 Å². The molecule has 2 heterocycles. The summed E-state index contributed by atoms with van der Waals surface area (Å²) in [6, 6.07) is 3.30. The van der Waals surface area contributed by atoms with Gasteiger partial charge >= 0.3 is 0 Å². The number of carbonyl (C=O) groups excluding carboxylic acids is 1. The molecule has 0 bridgehead atoms. The number of halogens is 1. The van der Waals surface area contributed by atoms with E-state index in [0.717, 1.165) is 32.5 Å². The van der Waals surface area contributed by atoms with Crippen molar-refractivity contribution in [3.8, 4) is 0 Å². The van der Waals surface area contributed by atoms with Gasteiger partial charge in [0.25, 0.3) is 5.91 Å². The highest BCUT2D eigenvalue weighted by atomic mass is 35.5. The van der Waals surface area contributed by atoms with E-state index in [1.807, 2.05) is 0 Å². The van der Waals surface area contributed by atoms with Crippen LogP contribution in [0.4, 0.5) is 0 Å². The van der Waals surface area contributed by atoms with Crippen LogP contribution < -0.4 is 5.32 Å². The summed E-state index contributed by atoms with van der Waals surface area (Å²) in [7, 11) is 0. The van der Waals surface area contributed by atoms with Crippen LogP contribution in [0.25, 0.3) is 0 Å². The number of amides is 1. The minimum Gasteiger partial charge on any atom is -0.373 e. The second-order valence-electron chi connectivity index (χ2n) is 5.84. The standard InChI is InChI=1S/C16H24ClN3O2/c1-12-10-20(11-13(2)22-12)8-4-3-7-18-16(21)15-6-5-14(17)9-19-15/h5-6,9,12-13H,3-4,7-8,10-11H2,1-2H3,(H,18,21)/t12-,13-/m1/s1. The van der Waals surface area contributed by atoms with Crippen molar-refractivity contribution in [3.05, 3.63) is 29.0 Å². The number of aromatic nitrogens is 1. The summed E-state index contributed by atoms with van der Waals surface area (Å²) in [5, 5.41) is 3.42. The van der Waals surface area contributed by atoms with Crippen LogP contribution in [0.2, 0.25) is 5.02 Å². The van der Waals surface area contributed by atoms with Crippen molar-refractivity contribution in [1.82, 2.24) is 15.2 Å². The molecule has 1 saturated heterocycles. The van der Waals surface area contributed by atoms with Gasteiger partial charge < -0.3 is 10.1 Å². The monoisotopic (exact) mass is 325 g/mol. The third-order valence-corrected chi connectivity index (χ3v) is 3.87. The van der Waals surface area contributed by atoms with Crippen molar-refractivity contribution < 1.29 is 9.53 Å². The molecule has 1 N–H and O–H groups in total. The maximum absolute atomic E-state index is 11.9. The van der Waals surface area contributed by atoms with E-state index in [2.05, 4.69) is 29.0 Å². The summed E-state index contributed by atoms with van der Waals surface area (Å²) >= 11 is 5.75. The lowest BCUT2D eigenvalue weighted by Gasteiger charge is -2.35. The van der Waals surface area contributed by atoms with Crippen molar-refractivity contribution in [1.29, 1.82) is 0 Å². The van der Waals surface area contributed by atoms with Crippen molar-refractivity contribution in [2.75, 3.05) is 26.2 Å². The van der Waals surface area contributed by atoms with E-state index in [-0.39, 0.29) is 5.91 Å². The molecule has 0 aromatic carbocycles. The average Bonchev–Trinajstić information content (AvgIpc) is 2.46. The van der Waals surface area contributed by atoms with Crippen LogP contribution in [-0.4, -0.2) is 54.2 Å². The van der Waals surface area contributed by atoms with E-state index < -0.39 is 0 Å². The fraction of sp³-hybridized carbons (Fsp3) is 0.625. The fourth-order valence-electron chi connectivity index (χ4n) is 2.73. The maximum atomic E-state index is 11.9. The van der Waals surface area contributed by atoms with E-state index in [0.29, 0.717) is 29.5 Å². The molecule has 0 radical (unpaired) electrons. The molecule has 1 amide bonds. The predicted octanol–water partition coefficient (Wildman–Crippen LogP) is 2.35. The minimum absolute atomic E-state index is 0.148. The summed E-state index contributed by atoms with van der Waals surface area (Å²) < 4.78 is 5.72. The molecule has 1 aliphatic heterocycles. The minimum atomic E-state index is -0.148. The fourth-order valence-corrected chi connectivity index (χ4v) is 2.84. The van der Waals surface area contributed by atoms with Gasteiger partial charge in [-0.25, -0.2) is 4.98 Å². The van der Waals surface area contributed by atoms with Gasteiger partial charge in [-0.2, -0.15) is 0 Å². The number of rotatable bonds is 6. The highest BCUT2D eigenvalue weighted by Crippen LogP contribution is 2.11. The molecular formula is C16H24ClN3O2. The second kappa shape index (κ2) is 8.46. The molecular weight excluding hydrogens is 302 g/mol. The Balaban J connectivity index is 1.61. The maximum Gasteiger partial charge on any atom is 0.269 e.